The van der Waals surface area contributed by atoms with Crippen LogP contribution in [0, 0.1) is 0 Å². The summed E-state index contributed by atoms with van der Waals surface area (Å²) in [6, 6.07) is 19.0. The van der Waals surface area contributed by atoms with Crippen molar-refractivity contribution in [1.82, 2.24) is 5.32 Å². The lowest BCUT2D eigenvalue weighted by Crippen LogP contribution is -2.39. The maximum atomic E-state index is 13.7. The lowest BCUT2D eigenvalue weighted by Gasteiger charge is -2.26. The second-order valence-corrected chi connectivity index (χ2v) is 10.7. The van der Waals surface area contributed by atoms with Gasteiger partial charge in [-0.1, -0.05) is 30.3 Å². The van der Waals surface area contributed by atoms with Crippen LogP contribution in [0.15, 0.2) is 77.7 Å². The van der Waals surface area contributed by atoms with Crippen LogP contribution in [-0.2, 0) is 19.6 Å². The maximum Gasteiger partial charge on any atom is 0.264 e. The van der Waals surface area contributed by atoms with Crippen LogP contribution in [0.1, 0.15) is 23.2 Å². The van der Waals surface area contributed by atoms with Crippen LogP contribution in [0.3, 0.4) is 0 Å². The molecule has 0 aromatic heterocycles. The molecule has 1 fully saturated rings. The Balaban J connectivity index is 1.61. The van der Waals surface area contributed by atoms with Gasteiger partial charge >= 0.3 is 0 Å². The smallest absolute Gasteiger partial charge is 0.264 e. The van der Waals surface area contributed by atoms with Crippen LogP contribution >= 0.6 is 0 Å². The summed E-state index contributed by atoms with van der Waals surface area (Å²) in [5, 5.41) is 5.54. The molecule has 4 rings (SSSR count). The number of nitrogens with zero attached hydrogens (tertiary/aromatic N) is 1. The van der Waals surface area contributed by atoms with Crippen LogP contribution in [0.25, 0.3) is 0 Å². The lowest BCUT2D eigenvalue weighted by atomic mass is 10.1. The van der Waals surface area contributed by atoms with Crippen molar-refractivity contribution >= 4 is 33.2 Å². The minimum Gasteiger partial charge on any atom is -0.497 e. The molecule has 206 valence electrons. The first-order chi connectivity index (χ1) is 18.8. The Kier molecular flexibility index (Phi) is 9.05. The monoisotopic (exact) mass is 553 g/mol. The van der Waals surface area contributed by atoms with E-state index < -0.39 is 22.5 Å². The second-order valence-electron chi connectivity index (χ2n) is 8.80. The average Bonchev–Trinajstić information content (AvgIpc) is 3.49. The molecule has 3 aromatic carbocycles. The summed E-state index contributed by atoms with van der Waals surface area (Å²) in [5.74, 6) is -0.409. The van der Waals surface area contributed by atoms with E-state index in [-0.39, 0.29) is 39.6 Å². The van der Waals surface area contributed by atoms with Gasteiger partial charge in [0.2, 0.25) is 5.91 Å². The Bertz CT molecular complexity index is 1410. The molecular formula is C28H31N3O7S. The summed E-state index contributed by atoms with van der Waals surface area (Å²) in [5.41, 5.74) is 0.626. The summed E-state index contributed by atoms with van der Waals surface area (Å²) in [6.07, 6.45) is 1.79. The molecule has 10 nitrogen and oxygen atoms in total. The number of carbonyl (C=O) groups excluding carboxylic acids is 2. The van der Waals surface area contributed by atoms with Gasteiger partial charge in [0.25, 0.3) is 15.9 Å². The quantitative estimate of drug-likeness (QED) is 0.373. The largest absolute Gasteiger partial charge is 0.497 e. The zero-order valence-corrected chi connectivity index (χ0v) is 22.6. The number of hydrogen-bond donors (Lipinski definition) is 2. The van der Waals surface area contributed by atoms with Crippen molar-refractivity contribution in [1.29, 1.82) is 0 Å². The molecule has 1 saturated heterocycles. The Hall–Kier alpha value is -4.09. The van der Waals surface area contributed by atoms with Crippen LogP contribution in [-0.4, -0.2) is 60.3 Å². The van der Waals surface area contributed by atoms with Gasteiger partial charge in [-0.2, -0.15) is 0 Å². The number of para-hydroxylation sites is 1. The first kappa shape index (κ1) is 27.9. The number of anilines is 2. The fraction of sp³-hybridized carbons (Fsp3) is 0.286. The van der Waals surface area contributed by atoms with Gasteiger partial charge in [-0.3, -0.25) is 13.9 Å². The van der Waals surface area contributed by atoms with Crippen molar-refractivity contribution < 1.29 is 32.2 Å². The molecular weight excluding hydrogens is 522 g/mol. The number of nitrogens with one attached hydrogen (secondary N) is 2. The van der Waals surface area contributed by atoms with Crippen LogP contribution in [0.2, 0.25) is 0 Å². The molecule has 1 heterocycles. The van der Waals surface area contributed by atoms with Gasteiger partial charge in [-0.15, -0.1) is 0 Å². The highest BCUT2D eigenvalue weighted by molar-refractivity contribution is 7.92. The molecule has 1 aliphatic heterocycles. The van der Waals surface area contributed by atoms with E-state index in [0.717, 1.165) is 17.1 Å². The first-order valence-corrected chi connectivity index (χ1v) is 13.9. The van der Waals surface area contributed by atoms with Crippen LogP contribution in [0.5, 0.6) is 11.5 Å². The van der Waals surface area contributed by atoms with E-state index in [9.17, 15) is 18.0 Å². The molecule has 3 aromatic rings. The van der Waals surface area contributed by atoms with Gasteiger partial charge in [0.1, 0.15) is 18.0 Å². The Morgan fingerprint density at radius 3 is 2.44 bits per heavy atom. The molecule has 11 heteroatoms. The molecule has 0 aliphatic carbocycles. The van der Waals surface area contributed by atoms with Crippen LogP contribution < -0.4 is 24.4 Å². The van der Waals surface area contributed by atoms with E-state index in [1.165, 1.54) is 32.4 Å². The SMILES string of the molecule is COc1ccc(OC)c(N(CC(=O)Nc2ccccc2C(=O)NC[C@H]2CCCO2)S(=O)(=O)c2ccccc2)c1. The molecule has 1 aliphatic rings. The number of rotatable bonds is 11. The van der Waals surface area contributed by atoms with Crippen molar-refractivity contribution in [3.63, 3.8) is 0 Å². The molecule has 0 bridgehead atoms. The van der Waals surface area contributed by atoms with Crippen molar-refractivity contribution in [2.24, 2.45) is 0 Å². The number of ether oxygens (including phenoxy) is 3. The fourth-order valence-electron chi connectivity index (χ4n) is 4.23. The Morgan fingerprint density at radius 2 is 1.74 bits per heavy atom. The predicted octanol–water partition coefficient (Wildman–Crippen LogP) is 3.45. The van der Waals surface area contributed by atoms with E-state index in [0.29, 0.717) is 18.9 Å². The van der Waals surface area contributed by atoms with E-state index in [1.54, 1.807) is 54.6 Å². The average molecular weight is 554 g/mol. The number of benzene rings is 3. The first-order valence-electron chi connectivity index (χ1n) is 12.4. The normalized spacial score (nSPS) is 14.9. The maximum absolute atomic E-state index is 13.7. The minimum atomic E-state index is -4.20. The van der Waals surface area contributed by atoms with Gasteiger partial charge in [0.15, 0.2) is 0 Å². The fourth-order valence-corrected chi connectivity index (χ4v) is 5.67. The Labute approximate surface area is 227 Å². The zero-order valence-electron chi connectivity index (χ0n) is 21.8. The van der Waals surface area contributed by atoms with Crippen molar-refractivity contribution in [3.05, 3.63) is 78.4 Å². The third-order valence-electron chi connectivity index (χ3n) is 6.23. The van der Waals surface area contributed by atoms with Crippen molar-refractivity contribution in [2.45, 2.75) is 23.8 Å². The summed E-state index contributed by atoms with van der Waals surface area (Å²) in [7, 11) is -1.34. The van der Waals surface area contributed by atoms with E-state index in [2.05, 4.69) is 10.6 Å². The van der Waals surface area contributed by atoms with Crippen LogP contribution in [0.4, 0.5) is 11.4 Å². The molecule has 0 saturated carbocycles. The number of carbonyl (C=O) groups is 2. The van der Waals surface area contributed by atoms with Crippen molar-refractivity contribution in [2.75, 3.05) is 43.5 Å². The molecule has 1 atom stereocenters. The molecule has 0 unspecified atom stereocenters. The van der Waals surface area contributed by atoms with Gasteiger partial charge in [0.05, 0.1) is 42.2 Å². The van der Waals surface area contributed by atoms with Crippen molar-refractivity contribution in [3.8, 4) is 11.5 Å². The van der Waals surface area contributed by atoms with Gasteiger partial charge in [-0.05, 0) is 49.2 Å². The van der Waals surface area contributed by atoms with E-state index >= 15 is 0 Å². The Morgan fingerprint density at radius 1 is 1.00 bits per heavy atom. The highest BCUT2D eigenvalue weighted by atomic mass is 32.2. The molecule has 0 radical (unpaired) electrons. The molecule has 0 spiro atoms. The third-order valence-corrected chi connectivity index (χ3v) is 8.01. The molecule has 2 amide bonds. The highest BCUT2D eigenvalue weighted by Crippen LogP contribution is 2.35. The highest BCUT2D eigenvalue weighted by Gasteiger charge is 2.30. The molecule has 2 N–H and O–H groups in total. The minimum absolute atomic E-state index is 0.00316. The summed E-state index contributed by atoms with van der Waals surface area (Å²) in [6.45, 7) is 0.445. The summed E-state index contributed by atoms with van der Waals surface area (Å²) >= 11 is 0. The van der Waals surface area contributed by atoms with E-state index in [4.69, 9.17) is 14.2 Å². The number of amides is 2. The number of hydrogen-bond acceptors (Lipinski definition) is 7. The zero-order chi connectivity index (χ0) is 27.8. The third kappa shape index (κ3) is 6.68. The lowest BCUT2D eigenvalue weighted by molar-refractivity contribution is -0.114. The summed E-state index contributed by atoms with van der Waals surface area (Å²) < 4.78 is 44.7. The molecule has 39 heavy (non-hydrogen) atoms. The number of methoxy groups -OCH3 is 2. The topological polar surface area (TPSA) is 123 Å². The predicted molar refractivity (Wildman–Crippen MR) is 147 cm³/mol. The van der Waals surface area contributed by atoms with Gasteiger partial charge < -0.3 is 24.8 Å². The van der Waals surface area contributed by atoms with Gasteiger partial charge in [0, 0.05) is 19.2 Å². The van der Waals surface area contributed by atoms with E-state index in [1.807, 2.05) is 0 Å². The number of sulfonamides is 1. The standard InChI is InChI=1S/C28H31N3O7S/c1-36-20-14-15-26(37-2)25(17-20)31(39(34,35)22-10-4-3-5-11-22)19-27(32)30-24-13-7-6-12-23(24)28(33)29-18-21-9-8-16-38-21/h3-7,10-15,17,21H,8-9,16,18-19H2,1-2H3,(H,29,33)(H,30,32)/t21-/m1/s1. The second kappa shape index (κ2) is 12.6. The van der Waals surface area contributed by atoms with Gasteiger partial charge in [-0.25, -0.2) is 8.42 Å². The summed E-state index contributed by atoms with van der Waals surface area (Å²) in [4.78, 5) is 26.2.